The maximum absolute atomic E-state index is 10.4. The van der Waals surface area contributed by atoms with Crippen molar-refractivity contribution in [3.8, 4) is 6.07 Å². The highest BCUT2D eigenvalue weighted by Gasteiger charge is 2.12. The van der Waals surface area contributed by atoms with Gasteiger partial charge in [-0.1, -0.05) is 11.8 Å². The first-order valence-electron chi connectivity index (χ1n) is 4.68. The lowest BCUT2D eigenvalue weighted by Gasteiger charge is -2.11. The smallest absolute Gasteiger partial charge is 0.115 e. The molecule has 0 unspecified atom stereocenters. The Bertz CT molecular complexity index is 478. The highest BCUT2D eigenvalue weighted by Crippen LogP contribution is 2.25. The first kappa shape index (κ1) is 12.5. The van der Waals surface area contributed by atoms with Gasteiger partial charge in [-0.3, -0.25) is 0 Å². The van der Waals surface area contributed by atoms with Crippen molar-refractivity contribution in [2.75, 3.05) is 5.75 Å². The lowest BCUT2D eigenvalue weighted by Crippen LogP contribution is -2.24. The van der Waals surface area contributed by atoms with Gasteiger partial charge in [0.15, 0.2) is 0 Å². The summed E-state index contributed by atoms with van der Waals surface area (Å²) in [7, 11) is 0. The number of carboxylic acids is 1. The van der Waals surface area contributed by atoms with Gasteiger partial charge in [0, 0.05) is 11.4 Å². The Morgan fingerprint density at radius 2 is 2.06 bits per heavy atom. The van der Waals surface area contributed by atoms with Crippen LogP contribution in [0.5, 0.6) is 0 Å². The summed E-state index contributed by atoms with van der Waals surface area (Å²) in [5, 5.41) is 19.8. The molecule has 16 heavy (non-hydrogen) atoms. The number of thioether (sulfide) groups is 1. The highest BCUT2D eigenvalue weighted by molar-refractivity contribution is 7.99. The molecule has 0 fully saturated rings. The van der Waals surface area contributed by atoms with Crippen molar-refractivity contribution in [3.05, 3.63) is 22.4 Å². The van der Waals surface area contributed by atoms with Crippen molar-refractivity contribution in [2.45, 2.75) is 25.8 Å². The molecular weight excluding hydrogens is 224 g/mol. The van der Waals surface area contributed by atoms with E-state index < -0.39 is 5.97 Å². The number of aryl methyl sites for hydroxylation is 1. The maximum Gasteiger partial charge on any atom is 0.115 e. The Morgan fingerprint density at radius 1 is 1.44 bits per heavy atom. The van der Waals surface area contributed by atoms with E-state index >= 15 is 0 Å². The Morgan fingerprint density at radius 3 is 2.56 bits per heavy atom. The predicted octanol–water partition coefficient (Wildman–Crippen LogP) is 0.721. The van der Waals surface area contributed by atoms with Crippen LogP contribution in [0.15, 0.2) is 5.03 Å². The number of pyridine rings is 1. The molecule has 1 aromatic rings. The SMILES string of the molecule is Cc1nc(SCC(=O)[O-])c(C#N)c(C)c1C. The Kier molecular flexibility index (Phi) is 3.91. The fourth-order valence-corrected chi connectivity index (χ4v) is 2.07. The van der Waals surface area contributed by atoms with Gasteiger partial charge in [0.1, 0.15) is 11.1 Å². The van der Waals surface area contributed by atoms with Crippen molar-refractivity contribution in [1.82, 2.24) is 4.98 Å². The summed E-state index contributed by atoms with van der Waals surface area (Å²) < 4.78 is 0. The molecule has 0 radical (unpaired) electrons. The van der Waals surface area contributed by atoms with Gasteiger partial charge < -0.3 is 9.90 Å². The second-order valence-electron chi connectivity index (χ2n) is 3.40. The third-order valence-electron chi connectivity index (χ3n) is 2.40. The largest absolute Gasteiger partial charge is 0.549 e. The minimum Gasteiger partial charge on any atom is -0.549 e. The average Bonchev–Trinajstić information content (AvgIpc) is 2.23. The van der Waals surface area contributed by atoms with E-state index in [0.717, 1.165) is 28.6 Å². The van der Waals surface area contributed by atoms with Crippen LogP contribution in [0.25, 0.3) is 0 Å². The predicted molar refractivity (Wildman–Crippen MR) is 58.9 cm³/mol. The molecule has 0 N–H and O–H groups in total. The number of hydrogen-bond acceptors (Lipinski definition) is 5. The number of nitriles is 1. The number of rotatable bonds is 3. The third-order valence-corrected chi connectivity index (χ3v) is 3.35. The number of nitrogens with zero attached hydrogens (tertiary/aromatic N) is 2. The zero-order valence-electron chi connectivity index (χ0n) is 9.33. The molecule has 0 atom stereocenters. The lowest BCUT2D eigenvalue weighted by atomic mass is 10.1. The number of carbonyl (C=O) groups is 1. The Balaban J connectivity index is 3.19. The summed E-state index contributed by atoms with van der Waals surface area (Å²) in [6.45, 7) is 5.57. The average molecular weight is 235 g/mol. The van der Waals surface area contributed by atoms with Crippen LogP contribution >= 0.6 is 11.8 Å². The van der Waals surface area contributed by atoms with Crippen molar-refractivity contribution >= 4 is 17.7 Å². The molecule has 0 aliphatic carbocycles. The van der Waals surface area contributed by atoms with E-state index in [1.165, 1.54) is 0 Å². The van der Waals surface area contributed by atoms with E-state index in [-0.39, 0.29) is 5.75 Å². The Labute approximate surface area is 98.3 Å². The normalized spacial score (nSPS) is 9.88. The van der Waals surface area contributed by atoms with Crippen LogP contribution in [0.4, 0.5) is 0 Å². The monoisotopic (exact) mass is 235 g/mol. The minimum absolute atomic E-state index is 0.191. The van der Waals surface area contributed by atoms with Crippen molar-refractivity contribution in [2.24, 2.45) is 0 Å². The summed E-state index contributed by atoms with van der Waals surface area (Å²) in [5.41, 5.74) is 3.09. The molecule has 0 saturated heterocycles. The van der Waals surface area contributed by atoms with Crippen LogP contribution in [0.1, 0.15) is 22.4 Å². The van der Waals surface area contributed by atoms with Crippen LogP contribution in [-0.4, -0.2) is 16.7 Å². The first-order valence-corrected chi connectivity index (χ1v) is 5.66. The van der Waals surface area contributed by atoms with E-state index in [2.05, 4.69) is 11.1 Å². The topological polar surface area (TPSA) is 76.8 Å². The number of aliphatic carboxylic acids is 1. The molecule has 84 valence electrons. The van der Waals surface area contributed by atoms with Crippen LogP contribution in [0, 0.1) is 32.1 Å². The minimum atomic E-state index is -1.16. The summed E-state index contributed by atoms with van der Waals surface area (Å²) in [5.74, 6) is -1.35. The Hall–Kier alpha value is -1.54. The molecule has 1 aromatic heterocycles. The molecule has 0 aliphatic rings. The van der Waals surface area contributed by atoms with Gasteiger partial charge in [-0.15, -0.1) is 0 Å². The van der Waals surface area contributed by atoms with Crippen LogP contribution < -0.4 is 5.11 Å². The molecule has 0 aromatic carbocycles. The second kappa shape index (κ2) is 4.99. The fraction of sp³-hybridized carbons (Fsp3) is 0.364. The summed E-state index contributed by atoms with van der Waals surface area (Å²) in [6, 6.07) is 2.06. The lowest BCUT2D eigenvalue weighted by molar-refractivity contribution is -0.301. The number of carbonyl (C=O) groups excluding carboxylic acids is 1. The summed E-state index contributed by atoms with van der Waals surface area (Å²) in [6.07, 6.45) is 0. The zero-order valence-corrected chi connectivity index (χ0v) is 10.1. The van der Waals surface area contributed by atoms with Gasteiger partial charge in [0.25, 0.3) is 0 Å². The molecule has 0 bridgehead atoms. The second-order valence-corrected chi connectivity index (χ2v) is 4.36. The van der Waals surface area contributed by atoms with Gasteiger partial charge in [0.05, 0.1) is 11.5 Å². The van der Waals surface area contributed by atoms with Crippen LogP contribution in [0.3, 0.4) is 0 Å². The molecule has 1 heterocycles. The highest BCUT2D eigenvalue weighted by atomic mass is 32.2. The third kappa shape index (κ3) is 2.52. The van der Waals surface area contributed by atoms with Gasteiger partial charge >= 0.3 is 0 Å². The van der Waals surface area contributed by atoms with Crippen LogP contribution in [0.2, 0.25) is 0 Å². The van der Waals surface area contributed by atoms with Crippen molar-refractivity contribution in [3.63, 3.8) is 0 Å². The quantitative estimate of drug-likeness (QED) is 0.721. The maximum atomic E-state index is 10.4. The van der Waals surface area contributed by atoms with Crippen molar-refractivity contribution < 1.29 is 9.90 Å². The standard InChI is InChI=1S/C11H12N2O2S/c1-6-7(2)9(4-12)11(13-8(6)3)16-5-10(14)15/h5H2,1-3H3,(H,14,15)/p-1. The van der Waals surface area contributed by atoms with E-state index in [4.69, 9.17) is 5.26 Å². The van der Waals surface area contributed by atoms with Crippen LogP contribution in [-0.2, 0) is 4.79 Å². The molecule has 4 nitrogen and oxygen atoms in total. The summed E-state index contributed by atoms with van der Waals surface area (Å²) in [4.78, 5) is 14.6. The van der Waals surface area contributed by atoms with E-state index in [1.807, 2.05) is 20.8 Å². The van der Waals surface area contributed by atoms with Gasteiger partial charge in [0.2, 0.25) is 0 Å². The van der Waals surface area contributed by atoms with Gasteiger partial charge in [-0.2, -0.15) is 5.26 Å². The zero-order chi connectivity index (χ0) is 12.3. The first-order chi connectivity index (χ1) is 7.47. The molecule has 5 heteroatoms. The molecule has 0 spiro atoms. The van der Waals surface area contributed by atoms with E-state index in [9.17, 15) is 9.90 Å². The fourth-order valence-electron chi connectivity index (χ4n) is 1.27. The van der Waals surface area contributed by atoms with Gasteiger partial charge in [-0.25, -0.2) is 4.98 Å². The molecule has 0 aliphatic heterocycles. The number of aromatic nitrogens is 1. The number of hydrogen-bond donors (Lipinski definition) is 0. The van der Waals surface area contributed by atoms with E-state index in [1.54, 1.807) is 0 Å². The molecule has 0 saturated carbocycles. The molecular formula is C11H11N2O2S-. The molecule has 0 amide bonds. The number of carboxylic acid groups (broad SMARTS) is 1. The van der Waals surface area contributed by atoms with E-state index in [0.29, 0.717) is 10.6 Å². The van der Waals surface area contributed by atoms with Crippen molar-refractivity contribution in [1.29, 1.82) is 5.26 Å². The molecule has 1 rings (SSSR count). The van der Waals surface area contributed by atoms with Gasteiger partial charge in [-0.05, 0) is 31.9 Å². The summed E-state index contributed by atoms with van der Waals surface area (Å²) >= 11 is 1.02.